The molecule has 1 aromatic rings. The number of thiophene rings is 1. The third-order valence-corrected chi connectivity index (χ3v) is 4.85. The first-order chi connectivity index (χ1) is 10.2. The molecule has 5 nitrogen and oxygen atoms in total. The van der Waals surface area contributed by atoms with E-state index < -0.39 is 5.60 Å². The molecule has 6 heteroatoms. The number of ether oxygens (including phenoxy) is 1. The molecule has 1 amide bonds. The lowest BCUT2D eigenvalue weighted by molar-refractivity contribution is 0.0507. The predicted molar refractivity (Wildman–Crippen MR) is 90.9 cm³/mol. The first-order valence-corrected chi connectivity index (χ1v) is 8.61. The maximum atomic E-state index is 11.9. The Bertz CT molecular complexity index is 520. The van der Waals surface area contributed by atoms with E-state index in [0.717, 1.165) is 17.1 Å². The van der Waals surface area contributed by atoms with Crippen molar-refractivity contribution in [2.75, 3.05) is 12.3 Å². The van der Waals surface area contributed by atoms with Crippen LogP contribution in [0.2, 0.25) is 0 Å². The van der Waals surface area contributed by atoms with Crippen molar-refractivity contribution in [2.24, 2.45) is 5.92 Å². The predicted octanol–water partition coefficient (Wildman–Crippen LogP) is 3.11. The highest BCUT2D eigenvalue weighted by Gasteiger charge is 2.41. The number of anilines is 1. The third-order valence-electron chi connectivity index (χ3n) is 3.91. The highest BCUT2D eigenvalue weighted by Crippen LogP contribution is 2.39. The molecule has 0 radical (unpaired) electrons. The normalized spacial score (nSPS) is 17.8. The van der Waals surface area contributed by atoms with Crippen molar-refractivity contribution >= 4 is 23.1 Å². The summed E-state index contributed by atoms with van der Waals surface area (Å²) < 4.78 is 5.31. The number of carbonyl (C=O) groups is 1. The number of nitrogens with two attached hydrogens (primary N) is 1. The number of hydrogen-bond acceptors (Lipinski definition) is 5. The van der Waals surface area contributed by atoms with E-state index >= 15 is 0 Å². The summed E-state index contributed by atoms with van der Waals surface area (Å²) in [6, 6.07) is 1.93. The Kier molecular flexibility index (Phi) is 5.02. The number of nitrogen functional groups attached to an aromatic ring is 1. The number of hydrogen-bond donors (Lipinski definition) is 3. The van der Waals surface area contributed by atoms with Crippen molar-refractivity contribution in [3.05, 3.63) is 16.3 Å². The molecule has 0 spiro atoms. The van der Waals surface area contributed by atoms with E-state index in [1.807, 2.05) is 32.2 Å². The molecule has 1 aliphatic rings. The van der Waals surface area contributed by atoms with Crippen LogP contribution in [0, 0.1) is 5.92 Å². The van der Waals surface area contributed by atoms with E-state index in [2.05, 4.69) is 17.6 Å². The second-order valence-corrected chi connectivity index (χ2v) is 8.20. The van der Waals surface area contributed by atoms with Gasteiger partial charge in [0.15, 0.2) is 0 Å². The molecule has 1 aliphatic carbocycles. The van der Waals surface area contributed by atoms with E-state index in [9.17, 15) is 4.79 Å². The molecule has 1 fully saturated rings. The van der Waals surface area contributed by atoms with Gasteiger partial charge in [-0.15, -0.1) is 11.3 Å². The van der Waals surface area contributed by atoms with Gasteiger partial charge >= 0.3 is 6.09 Å². The Morgan fingerprint density at radius 2 is 2.09 bits per heavy atom. The van der Waals surface area contributed by atoms with E-state index in [1.54, 1.807) is 11.3 Å². The summed E-state index contributed by atoms with van der Waals surface area (Å²) in [7, 11) is 0. The highest BCUT2D eigenvalue weighted by molar-refractivity contribution is 7.10. The zero-order valence-electron chi connectivity index (χ0n) is 13.9. The summed E-state index contributed by atoms with van der Waals surface area (Å²) in [6.07, 6.45) is 2.02. The Labute approximate surface area is 136 Å². The molecular weight excluding hydrogens is 298 g/mol. The van der Waals surface area contributed by atoms with Crippen LogP contribution in [0.3, 0.4) is 0 Å². The molecule has 0 saturated heterocycles. The smallest absolute Gasteiger partial charge is 0.407 e. The van der Waals surface area contributed by atoms with Gasteiger partial charge in [0.05, 0.1) is 0 Å². The standard InChI is InChI=1S/C16H27N3O2S/c1-15(2,3)21-14(20)18-10-16(4,11-5-6-11)19-9-13-12(17)7-8-22-13/h7-8,11,19H,5-6,9-10,17H2,1-4H3,(H,18,20). The van der Waals surface area contributed by atoms with Gasteiger partial charge in [-0.3, -0.25) is 0 Å². The van der Waals surface area contributed by atoms with Gasteiger partial charge < -0.3 is 21.1 Å². The molecule has 0 aromatic carbocycles. The first kappa shape index (κ1) is 17.1. The molecule has 1 atom stereocenters. The van der Waals surface area contributed by atoms with Gasteiger partial charge in [0, 0.05) is 29.2 Å². The maximum absolute atomic E-state index is 11.9. The second kappa shape index (κ2) is 6.46. The molecule has 2 rings (SSSR count). The minimum atomic E-state index is -0.473. The molecule has 22 heavy (non-hydrogen) atoms. The van der Waals surface area contributed by atoms with Crippen LogP contribution in [-0.2, 0) is 11.3 Å². The monoisotopic (exact) mass is 325 g/mol. The van der Waals surface area contributed by atoms with Gasteiger partial charge in [-0.2, -0.15) is 0 Å². The van der Waals surface area contributed by atoms with Crippen molar-refractivity contribution in [3.8, 4) is 0 Å². The van der Waals surface area contributed by atoms with Gasteiger partial charge in [0.1, 0.15) is 5.60 Å². The highest BCUT2D eigenvalue weighted by atomic mass is 32.1. The quantitative estimate of drug-likeness (QED) is 0.751. The van der Waals surface area contributed by atoms with Gasteiger partial charge in [0.2, 0.25) is 0 Å². The van der Waals surface area contributed by atoms with Crippen LogP contribution in [0.5, 0.6) is 0 Å². The van der Waals surface area contributed by atoms with Crippen LogP contribution in [-0.4, -0.2) is 23.8 Å². The summed E-state index contributed by atoms with van der Waals surface area (Å²) in [6.45, 7) is 9.04. The summed E-state index contributed by atoms with van der Waals surface area (Å²) in [5.41, 5.74) is 6.16. The van der Waals surface area contributed by atoms with E-state index in [1.165, 1.54) is 12.8 Å². The van der Waals surface area contributed by atoms with Crippen LogP contribution in [0.4, 0.5) is 10.5 Å². The number of rotatable bonds is 6. The van der Waals surface area contributed by atoms with Gasteiger partial charge in [-0.05, 0) is 57.9 Å². The number of amides is 1. The molecule has 0 bridgehead atoms. The lowest BCUT2D eigenvalue weighted by Gasteiger charge is -2.32. The molecular formula is C16H27N3O2S. The van der Waals surface area contributed by atoms with Crippen molar-refractivity contribution < 1.29 is 9.53 Å². The summed E-state index contributed by atoms with van der Waals surface area (Å²) in [4.78, 5) is 13.0. The van der Waals surface area contributed by atoms with Crippen LogP contribution >= 0.6 is 11.3 Å². The Balaban J connectivity index is 1.88. The third kappa shape index (κ3) is 4.88. The maximum Gasteiger partial charge on any atom is 0.407 e. The Morgan fingerprint density at radius 3 is 2.59 bits per heavy atom. The summed E-state index contributed by atoms with van der Waals surface area (Å²) >= 11 is 1.66. The van der Waals surface area contributed by atoms with Gasteiger partial charge in [-0.25, -0.2) is 4.79 Å². The minimum Gasteiger partial charge on any atom is -0.444 e. The number of carbonyl (C=O) groups excluding carboxylic acids is 1. The van der Waals surface area contributed by atoms with Crippen molar-refractivity contribution in [2.45, 2.75) is 58.2 Å². The SMILES string of the molecule is CC(C)(C)OC(=O)NCC(C)(NCc1sccc1N)C1CC1. The topological polar surface area (TPSA) is 76.4 Å². The first-order valence-electron chi connectivity index (χ1n) is 7.73. The summed E-state index contributed by atoms with van der Waals surface area (Å²) in [5, 5.41) is 8.47. The molecule has 124 valence electrons. The molecule has 1 saturated carbocycles. The van der Waals surface area contributed by atoms with Gasteiger partial charge in [0.25, 0.3) is 0 Å². The van der Waals surface area contributed by atoms with Crippen molar-refractivity contribution in [3.63, 3.8) is 0 Å². The largest absolute Gasteiger partial charge is 0.444 e. The fourth-order valence-corrected chi connectivity index (χ4v) is 3.16. The minimum absolute atomic E-state index is 0.132. The van der Waals surface area contributed by atoms with E-state index in [4.69, 9.17) is 10.5 Å². The molecule has 1 aromatic heterocycles. The van der Waals surface area contributed by atoms with Crippen molar-refractivity contribution in [1.82, 2.24) is 10.6 Å². The molecule has 1 unspecified atom stereocenters. The number of alkyl carbamates (subject to hydrolysis) is 1. The Hall–Kier alpha value is -1.27. The number of nitrogens with one attached hydrogen (secondary N) is 2. The van der Waals surface area contributed by atoms with E-state index in [0.29, 0.717) is 12.5 Å². The molecule has 1 heterocycles. The van der Waals surface area contributed by atoms with Crippen LogP contribution in [0.15, 0.2) is 11.4 Å². The Morgan fingerprint density at radius 1 is 1.41 bits per heavy atom. The molecule has 0 aliphatic heterocycles. The van der Waals surface area contributed by atoms with E-state index in [-0.39, 0.29) is 11.6 Å². The zero-order valence-corrected chi connectivity index (χ0v) is 14.7. The van der Waals surface area contributed by atoms with Crippen LogP contribution in [0.1, 0.15) is 45.4 Å². The fraction of sp³-hybridized carbons (Fsp3) is 0.688. The lowest BCUT2D eigenvalue weighted by atomic mass is 9.95. The van der Waals surface area contributed by atoms with Crippen molar-refractivity contribution in [1.29, 1.82) is 0 Å². The second-order valence-electron chi connectivity index (χ2n) is 7.20. The lowest BCUT2D eigenvalue weighted by Crippen LogP contribution is -2.53. The average molecular weight is 325 g/mol. The van der Waals surface area contributed by atoms with Crippen LogP contribution in [0.25, 0.3) is 0 Å². The zero-order chi connectivity index (χ0) is 16.4. The molecule has 4 N–H and O–H groups in total. The fourth-order valence-electron chi connectivity index (χ4n) is 2.42. The average Bonchev–Trinajstić information content (AvgIpc) is 3.17. The van der Waals surface area contributed by atoms with Crippen LogP contribution < -0.4 is 16.4 Å². The summed E-state index contributed by atoms with van der Waals surface area (Å²) in [5.74, 6) is 0.587. The van der Waals surface area contributed by atoms with Gasteiger partial charge in [-0.1, -0.05) is 0 Å².